The summed E-state index contributed by atoms with van der Waals surface area (Å²) in [5.74, 6) is 0.185. The lowest BCUT2D eigenvalue weighted by atomic mass is 10.2. The number of sulfonamides is 1. The van der Waals surface area contributed by atoms with Crippen molar-refractivity contribution in [2.45, 2.75) is 18.7 Å². The Morgan fingerprint density at radius 1 is 1.00 bits per heavy atom. The molecule has 7 nitrogen and oxygen atoms in total. The molecule has 1 fully saturated rings. The summed E-state index contributed by atoms with van der Waals surface area (Å²) in [6, 6.07) is 12.0. The second-order valence-corrected chi connectivity index (χ2v) is 9.55. The maximum absolute atomic E-state index is 13.6. The monoisotopic (exact) mass is 431 g/mol. The van der Waals surface area contributed by atoms with Crippen LogP contribution in [0.3, 0.4) is 0 Å². The molecule has 0 spiro atoms. The molecule has 1 saturated heterocycles. The van der Waals surface area contributed by atoms with Gasteiger partial charge in [0.05, 0.1) is 17.7 Å². The number of hydrogen-bond donors (Lipinski definition) is 0. The zero-order chi connectivity index (χ0) is 21.9. The third-order valence-electron chi connectivity index (χ3n) is 5.35. The number of ether oxygens (including phenoxy) is 1. The molecule has 0 radical (unpaired) electrons. The molecule has 0 aromatic heterocycles. The standard InChI is InChI=1S/C22H29N3O4S/c1-17-5-8-19(9-6-17)30(27,28)25(20-15-18(2)7-10-21(20)29-4)16-22(26)24-13-11-23(3)12-14-24/h5-10,15H,11-14,16H2,1-4H3. The number of carbonyl (C=O) groups excluding carboxylic acids is 1. The molecular formula is C22H29N3O4S. The average molecular weight is 432 g/mol. The number of anilines is 1. The summed E-state index contributed by atoms with van der Waals surface area (Å²) in [4.78, 5) is 17.1. The minimum absolute atomic E-state index is 0.142. The zero-order valence-electron chi connectivity index (χ0n) is 18.0. The number of carbonyl (C=O) groups is 1. The molecule has 0 aliphatic carbocycles. The number of piperazine rings is 1. The van der Waals surface area contributed by atoms with Crippen LogP contribution in [0.2, 0.25) is 0 Å². The number of aryl methyl sites for hydroxylation is 2. The minimum Gasteiger partial charge on any atom is -0.495 e. The number of benzene rings is 2. The Kier molecular flexibility index (Phi) is 6.67. The van der Waals surface area contributed by atoms with Gasteiger partial charge in [-0.15, -0.1) is 0 Å². The minimum atomic E-state index is -3.97. The third-order valence-corrected chi connectivity index (χ3v) is 7.12. The lowest BCUT2D eigenvalue weighted by molar-refractivity contribution is -0.131. The molecule has 30 heavy (non-hydrogen) atoms. The van der Waals surface area contributed by atoms with E-state index in [0.29, 0.717) is 24.5 Å². The van der Waals surface area contributed by atoms with Crippen molar-refractivity contribution in [1.82, 2.24) is 9.80 Å². The van der Waals surface area contributed by atoms with Gasteiger partial charge in [0.1, 0.15) is 12.3 Å². The van der Waals surface area contributed by atoms with Crippen molar-refractivity contribution < 1.29 is 17.9 Å². The molecule has 1 heterocycles. The Morgan fingerprint density at radius 3 is 2.20 bits per heavy atom. The van der Waals surface area contributed by atoms with Crippen LogP contribution in [-0.4, -0.2) is 71.0 Å². The second kappa shape index (κ2) is 9.06. The Hall–Kier alpha value is -2.58. The van der Waals surface area contributed by atoms with Crippen molar-refractivity contribution in [3.05, 3.63) is 53.6 Å². The van der Waals surface area contributed by atoms with E-state index in [1.807, 2.05) is 27.0 Å². The molecule has 3 rings (SSSR count). The molecule has 0 saturated carbocycles. The summed E-state index contributed by atoms with van der Waals surface area (Å²) in [5, 5.41) is 0. The molecule has 0 atom stereocenters. The van der Waals surface area contributed by atoms with Gasteiger partial charge < -0.3 is 14.5 Å². The fourth-order valence-electron chi connectivity index (χ4n) is 3.41. The molecule has 8 heteroatoms. The number of amides is 1. The molecule has 162 valence electrons. The average Bonchev–Trinajstić information content (AvgIpc) is 2.72. The van der Waals surface area contributed by atoms with Crippen LogP contribution in [0.25, 0.3) is 0 Å². The normalized spacial score (nSPS) is 15.1. The van der Waals surface area contributed by atoms with Crippen LogP contribution in [0, 0.1) is 13.8 Å². The Labute approximate surface area is 178 Å². The third kappa shape index (κ3) is 4.76. The first kappa shape index (κ1) is 22.1. The Bertz CT molecular complexity index is 998. The predicted molar refractivity (Wildman–Crippen MR) is 118 cm³/mol. The van der Waals surface area contributed by atoms with Gasteiger partial charge in [0.25, 0.3) is 10.0 Å². The van der Waals surface area contributed by atoms with Gasteiger partial charge in [-0.2, -0.15) is 0 Å². The zero-order valence-corrected chi connectivity index (χ0v) is 18.8. The lowest BCUT2D eigenvalue weighted by Crippen LogP contribution is -2.50. The van der Waals surface area contributed by atoms with Gasteiger partial charge >= 0.3 is 0 Å². The van der Waals surface area contributed by atoms with Crippen molar-refractivity contribution in [2.24, 2.45) is 0 Å². The van der Waals surface area contributed by atoms with E-state index >= 15 is 0 Å². The van der Waals surface area contributed by atoms with E-state index in [1.165, 1.54) is 11.4 Å². The molecule has 0 N–H and O–H groups in total. The van der Waals surface area contributed by atoms with Gasteiger partial charge in [0, 0.05) is 26.2 Å². The van der Waals surface area contributed by atoms with Gasteiger partial charge in [-0.25, -0.2) is 8.42 Å². The van der Waals surface area contributed by atoms with Crippen LogP contribution in [0.15, 0.2) is 47.4 Å². The highest BCUT2D eigenvalue weighted by Gasteiger charge is 2.31. The number of hydrogen-bond acceptors (Lipinski definition) is 5. The number of rotatable bonds is 6. The highest BCUT2D eigenvalue weighted by molar-refractivity contribution is 7.92. The van der Waals surface area contributed by atoms with Gasteiger partial charge in [-0.3, -0.25) is 9.10 Å². The number of methoxy groups -OCH3 is 1. The highest BCUT2D eigenvalue weighted by atomic mass is 32.2. The first-order valence-electron chi connectivity index (χ1n) is 9.93. The van der Waals surface area contributed by atoms with Crippen molar-refractivity contribution in [2.75, 3.05) is 51.2 Å². The van der Waals surface area contributed by atoms with E-state index in [0.717, 1.165) is 24.2 Å². The molecule has 0 bridgehead atoms. The van der Waals surface area contributed by atoms with Crippen molar-refractivity contribution in [1.29, 1.82) is 0 Å². The molecule has 1 aliphatic rings. The van der Waals surface area contributed by atoms with E-state index in [-0.39, 0.29) is 17.3 Å². The highest BCUT2D eigenvalue weighted by Crippen LogP contribution is 2.33. The van der Waals surface area contributed by atoms with Crippen molar-refractivity contribution in [3.8, 4) is 5.75 Å². The summed E-state index contributed by atoms with van der Waals surface area (Å²) < 4.78 is 33.8. The quantitative estimate of drug-likeness (QED) is 0.702. The van der Waals surface area contributed by atoms with E-state index in [1.54, 1.807) is 41.3 Å². The summed E-state index contributed by atoms with van der Waals surface area (Å²) in [6.45, 7) is 6.20. The van der Waals surface area contributed by atoms with E-state index in [4.69, 9.17) is 4.74 Å². The van der Waals surface area contributed by atoms with Crippen LogP contribution in [-0.2, 0) is 14.8 Å². The first-order valence-corrected chi connectivity index (χ1v) is 11.4. The lowest BCUT2D eigenvalue weighted by Gasteiger charge is -2.34. The smallest absolute Gasteiger partial charge is 0.264 e. The summed E-state index contributed by atoms with van der Waals surface area (Å²) in [5.41, 5.74) is 2.20. The van der Waals surface area contributed by atoms with Crippen LogP contribution in [0.4, 0.5) is 5.69 Å². The van der Waals surface area contributed by atoms with Crippen molar-refractivity contribution in [3.63, 3.8) is 0 Å². The summed E-state index contributed by atoms with van der Waals surface area (Å²) >= 11 is 0. The molecule has 1 aliphatic heterocycles. The largest absolute Gasteiger partial charge is 0.495 e. The summed E-state index contributed by atoms with van der Waals surface area (Å²) in [7, 11) is -0.469. The fourth-order valence-corrected chi connectivity index (χ4v) is 4.83. The van der Waals surface area contributed by atoms with Crippen LogP contribution < -0.4 is 9.04 Å². The molecule has 2 aromatic rings. The predicted octanol–water partition coefficient (Wildman–Crippen LogP) is 2.28. The topological polar surface area (TPSA) is 70.2 Å². The fraction of sp³-hybridized carbons (Fsp3) is 0.409. The van der Waals surface area contributed by atoms with Crippen molar-refractivity contribution >= 4 is 21.6 Å². The van der Waals surface area contributed by atoms with E-state index in [9.17, 15) is 13.2 Å². The summed E-state index contributed by atoms with van der Waals surface area (Å²) in [6.07, 6.45) is 0. The van der Waals surface area contributed by atoms with Gasteiger partial charge in [0.2, 0.25) is 5.91 Å². The Balaban J connectivity index is 2.02. The molecule has 1 amide bonds. The Morgan fingerprint density at radius 2 is 1.60 bits per heavy atom. The van der Waals surface area contributed by atoms with Gasteiger partial charge in [-0.1, -0.05) is 23.8 Å². The first-order chi connectivity index (χ1) is 14.2. The maximum Gasteiger partial charge on any atom is 0.264 e. The van der Waals surface area contributed by atoms with E-state index < -0.39 is 10.0 Å². The maximum atomic E-state index is 13.6. The van der Waals surface area contributed by atoms with Gasteiger partial charge in [-0.05, 0) is 50.7 Å². The van der Waals surface area contributed by atoms with Gasteiger partial charge in [0.15, 0.2) is 0 Å². The molecule has 2 aromatic carbocycles. The SMILES string of the molecule is COc1ccc(C)cc1N(CC(=O)N1CCN(C)CC1)S(=O)(=O)c1ccc(C)cc1. The second-order valence-electron chi connectivity index (χ2n) is 7.68. The van der Waals surface area contributed by atoms with Crippen LogP contribution >= 0.6 is 0 Å². The van der Waals surface area contributed by atoms with E-state index in [2.05, 4.69) is 4.90 Å². The molecule has 0 unspecified atom stereocenters. The van der Waals surface area contributed by atoms with Crippen LogP contribution in [0.5, 0.6) is 5.75 Å². The number of nitrogens with zero attached hydrogens (tertiary/aromatic N) is 3. The van der Waals surface area contributed by atoms with Crippen LogP contribution in [0.1, 0.15) is 11.1 Å². The molecular weight excluding hydrogens is 402 g/mol. The number of likely N-dealkylation sites (N-methyl/N-ethyl adjacent to an activating group) is 1.